The first-order valence-electron chi connectivity index (χ1n) is 6.35. The van der Waals surface area contributed by atoms with Gasteiger partial charge in [-0.15, -0.1) is 0 Å². The van der Waals surface area contributed by atoms with E-state index in [9.17, 15) is 10.1 Å². The van der Waals surface area contributed by atoms with Gasteiger partial charge in [-0.05, 0) is 42.3 Å². The number of benzene rings is 2. The standard InChI is InChI=1S/C15H15BrN2O3/c1-10-3-5-12(16)8-15(10)21-9-11-4-6-14(18(19)20)13(7-11)17-2/h3-8,17H,9H2,1-2H3. The van der Waals surface area contributed by atoms with E-state index in [0.717, 1.165) is 21.3 Å². The van der Waals surface area contributed by atoms with Crippen LogP contribution in [0.1, 0.15) is 11.1 Å². The lowest BCUT2D eigenvalue weighted by molar-refractivity contribution is -0.384. The molecule has 0 unspecified atom stereocenters. The molecular weight excluding hydrogens is 336 g/mol. The molecule has 0 aliphatic heterocycles. The van der Waals surface area contributed by atoms with Gasteiger partial charge in [-0.3, -0.25) is 10.1 Å². The summed E-state index contributed by atoms with van der Waals surface area (Å²) in [7, 11) is 1.66. The monoisotopic (exact) mass is 350 g/mol. The van der Waals surface area contributed by atoms with Crippen molar-refractivity contribution in [2.45, 2.75) is 13.5 Å². The van der Waals surface area contributed by atoms with Gasteiger partial charge in [0.25, 0.3) is 5.69 Å². The van der Waals surface area contributed by atoms with Crippen molar-refractivity contribution in [1.82, 2.24) is 0 Å². The fourth-order valence-corrected chi connectivity index (χ4v) is 2.26. The van der Waals surface area contributed by atoms with Gasteiger partial charge < -0.3 is 10.1 Å². The molecule has 0 fully saturated rings. The zero-order chi connectivity index (χ0) is 15.4. The maximum atomic E-state index is 10.9. The number of hydrogen-bond acceptors (Lipinski definition) is 4. The van der Waals surface area contributed by atoms with Crippen LogP contribution in [0.2, 0.25) is 0 Å². The quantitative estimate of drug-likeness (QED) is 0.645. The lowest BCUT2D eigenvalue weighted by Gasteiger charge is -2.11. The number of rotatable bonds is 5. The fourth-order valence-electron chi connectivity index (χ4n) is 1.92. The molecule has 2 rings (SSSR count). The van der Waals surface area contributed by atoms with Crippen molar-refractivity contribution < 1.29 is 9.66 Å². The van der Waals surface area contributed by atoms with E-state index in [1.807, 2.05) is 25.1 Å². The number of ether oxygens (including phenoxy) is 1. The fraction of sp³-hybridized carbons (Fsp3) is 0.200. The van der Waals surface area contributed by atoms with Crippen LogP contribution >= 0.6 is 15.9 Å². The van der Waals surface area contributed by atoms with Crippen molar-refractivity contribution in [2.24, 2.45) is 0 Å². The lowest BCUT2D eigenvalue weighted by atomic mass is 10.2. The number of nitro groups is 1. The molecule has 0 bridgehead atoms. The second-order valence-corrected chi connectivity index (χ2v) is 5.47. The molecule has 0 aliphatic rings. The largest absolute Gasteiger partial charge is 0.489 e. The number of anilines is 1. The van der Waals surface area contributed by atoms with Crippen molar-refractivity contribution in [3.63, 3.8) is 0 Å². The van der Waals surface area contributed by atoms with Crippen molar-refractivity contribution in [3.05, 3.63) is 62.1 Å². The summed E-state index contributed by atoms with van der Waals surface area (Å²) in [5, 5.41) is 13.7. The molecule has 0 saturated heterocycles. The molecule has 0 atom stereocenters. The molecule has 0 saturated carbocycles. The molecule has 0 radical (unpaired) electrons. The number of halogens is 1. The maximum absolute atomic E-state index is 10.9. The van der Waals surface area contributed by atoms with Crippen LogP contribution < -0.4 is 10.1 Å². The summed E-state index contributed by atoms with van der Waals surface area (Å²) >= 11 is 3.41. The first kappa shape index (κ1) is 15.3. The van der Waals surface area contributed by atoms with E-state index in [1.54, 1.807) is 19.2 Å². The lowest BCUT2D eigenvalue weighted by Crippen LogP contribution is -2.01. The van der Waals surface area contributed by atoms with Gasteiger partial charge in [0.2, 0.25) is 0 Å². The zero-order valence-corrected chi connectivity index (χ0v) is 13.3. The summed E-state index contributed by atoms with van der Waals surface area (Å²) in [5.74, 6) is 0.786. The summed E-state index contributed by atoms with van der Waals surface area (Å²) in [6.45, 7) is 2.32. The molecule has 6 heteroatoms. The van der Waals surface area contributed by atoms with Gasteiger partial charge in [-0.25, -0.2) is 0 Å². The number of hydrogen-bond donors (Lipinski definition) is 1. The van der Waals surface area contributed by atoms with Crippen molar-refractivity contribution >= 4 is 27.3 Å². The van der Waals surface area contributed by atoms with E-state index in [0.29, 0.717) is 12.3 Å². The minimum atomic E-state index is -0.408. The van der Waals surface area contributed by atoms with E-state index in [1.165, 1.54) is 6.07 Å². The van der Waals surface area contributed by atoms with Gasteiger partial charge in [0.1, 0.15) is 18.0 Å². The third-order valence-electron chi connectivity index (χ3n) is 3.07. The zero-order valence-electron chi connectivity index (χ0n) is 11.7. The predicted octanol–water partition coefficient (Wildman–Crippen LogP) is 4.29. The predicted molar refractivity (Wildman–Crippen MR) is 85.9 cm³/mol. The topological polar surface area (TPSA) is 64.4 Å². The first-order chi connectivity index (χ1) is 10.0. The van der Waals surface area contributed by atoms with Crippen LogP contribution in [0.5, 0.6) is 5.75 Å². The molecule has 1 N–H and O–H groups in total. The third-order valence-corrected chi connectivity index (χ3v) is 3.56. The summed E-state index contributed by atoms with van der Waals surface area (Å²) < 4.78 is 6.72. The molecule has 2 aromatic carbocycles. The molecular formula is C15H15BrN2O3. The Bertz CT molecular complexity index is 674. The minimum Gasteiger partial charge on any atom is -0.489 e. The maximum Gasteiger partial charge on any atom is 0.292 e. The Morgan fingerprint density at radius 1 is 1.29 bits per heavy atom. The average molecular weight is 351 g/mol. The summed E-state index contributed by atoms with van der Waals surface area (Å²) in [5.41, 5.74) is 2.44. The molecule has 0 spiro atoms. The number of aryl methyl sites for hydroxylation is 1. The Morgan fingerprint density at radius 3 is 2.71 bits per heavy atom. The van der Waals surface area contributed by atoms with E-state index in [-0.39, 0.29) is 5.69 Å². The van der Waals surface area contributed by atoms with E-state index in [4.69, 9.17) is 4.74 Å². The van der Waals surface area contributed by atoms with Gasteiger partial charge >= 0.3 is 0 Å². The SMILES string of the molecule is CNc1cc(COc2cc(Br)ccc2C)ccc1[N+](=O)[O-]. The Hall–Kier alpha value is -2.08. The normalized spacial score (nSPS) is 10.2. The van der Waals surface area contributed by atoms with E-state index in [2.05, 4.69) is 21.2 Å². The van der Waals surface area contributed by atoms with Gasteiger partial charge in [-0.1, -0.05) is 22.0 Å². The minimum absolute atomic E-state index is 0.0555. The van der Waals surface area contributed by atoms with Gasteiger partial charge in [0, 0.05) is 17.6 Å². The molecule has 0 amide bonds. The summed E-state index contributed by atoms with van der Waals surface area (Å²) in [6, 6.07) is 10.7. The highest BCUT2D eigenvalue weighted by Crippen LogP contribution is 2.27. The highest BCUT2D eigenvalue weighted by Gasteiger charge is 2.13. The number of nitrogens with zero attached hydrogens (tertiary/aromatic N) is 1. The smallest absolute Gasteiger partial charge is 0.292 e. The highest BCUT2D eigenvalue weighted by atomic mass is 79.9. The van der Waals surface area contributed by atoms with Crippen LogP contribution in [0.3, 0.4) is 0 Å². The second kappa shape index (κ2) is 6.58. The van der Waals surface area contributed by atoms with Crippen LogP contribution in [-0.4, -0.2) is 12.0 Å². The molecule has 0 aromatic heterocycles. The van der Waals surface area contributed by atoms with Gasteiger partial charge in [-0.2, -0.15) is 0 Å². The van der Waals surface area contributed by atoms with Crippen LogP contribution in [0.4, 0.5) is 11.4 Å². The molecule has 0 aliphatic carbocycles. The Morgan fingerprint density at radius 2 is 2.05 bits per heavy atom. The summed E-state index contributed by atoms with van der Waals surface area (Å²) in [4.78, 5) is 10.5. The van der Waals surface area contributed by atoms with Crippen molar-refractivity contribution in [1.29, 1.82) is 0 Å². The third kappa shape index (κ3) is 3.72. The Balaban J connectivity index is 2.17. The van der Waals surface area contributed by atoms with Crippen LogP contribution in [0, 0.1) is 17.0 Å². The van der Waals surface area contributed by atoms with Crippen LogP contribution in [0.15, 0.2) is 40.9 Å². The van der Waals surface area contributed by atoms with Crippen LogP contribution in [-0.2, 0) is 6.61 Å². The molecule has 110 valence electrons. The molecule has 2 aromatic rings. The first-order valence-corrected chi connectivity index (χ1v) is 7.14. The second-order valence-electron chi connectivity index (χ2n) is 4.56. The molecule has 5 nitrogen and oxygen atoms in total. The molecule has 21 heavy (non-hydrogen) atoms. The Labute approximate surface area is 131 Å². The highest BCUT2D eigenvalue weighted by molar-refractivity contribution is 9.10. The molecule has 0 heterocycles. The van der Waals surface area contributed by atoms with E-state index < -0.39 is 4.92 Å². The summed E-state index contributed by atoms with van der Waals surface area (Å²) in [6.07, 6.45) is 0. The van der Waals surface area contributed by atoms with Crippen molar-refractivity contribution in [3.8, 4) is 5.75 Å². The number of nitrogens with one attached hydrogen (secondary N) is 1. The van der Waals surface area contributed by atoms with E-state index >= 15 is 0 Å². The average Bonchev–Trinajstić information content (AvgIpc) is 2.47. The van der Waals surface area contributed by atoms with Crippen LogP contribution in [0.25, 0.3) is 0 Å². The number of nitro benzene ring substituents is 1. The Kier molecular flexibility index (Phi) is 4.80. The van der Waals surface area contributed by atoms with Crippen molar-refractivity contribution in [2.75, 3.05) is 12.4 Å². The van der Waals surface area contributed by atoms with Gasteiger partial charge in [0.05, 0.1) is 4.92 Å². The van der Waals surface area contributed by atoms with Gasteiger partial charge in [0.15, 0.2) is 0 Å².